The van der Waals surface area contributed by atoms with Gasteiger partial charge in [-0.05, 0) is 13.8 Å². The molecule has 5 nitrogen and oxygen atoms in total. The van der Waals surface area contributed by atoms with Crippen LogP contribution in [0.4, 0.5) is 5.82 Å². The highest BCUT2D eigenvalue weighted by atomic mass is 35.5. The maximum Gasteiger partial charge on any atom is 0.356 e. The Hall–Kier alpha value is -1.23. The van der Waals surface area contributed by atoms with Gasteiger partial charge in [-0.2, -0.15) is 5.10 Å². The fourth-order valence-corrected chi connectivity index (χ4v) is 1.05. The highest BCUT2D eigenvalue weighted by Crippen LogP contribution is 2.07. The van der Waals surface area contributed by atoms with Crippen molar-refractivity contribution in [3.8, 4) is 0 Å². The van der Waals surface area contributed by atoms with Gasteiger partial charge < -0.3 is 10.5 Å². The zero-order valence-electron chi connectivity index (χ0n) is 8.19. The number of carbonyl (C=O) groups is 1. The molecule has 0 saturated carbocycles. The van der Waals surface area contributed by atoms with Crippen molar-refractivity contribution in [2.45, 2.75) is 20.4 Å². The highest BCUT2D eigenvalue weighted by molar-refractivity contribution is 5.88. The fourth-order valence-electron chi connectivity index (χ4n) is 1.05. The van der Waals surface area contributed by atoms with Gasteiger partial charge in [0.2, 0.25) is 0 Å². The van der Waals surface area contributed by atoms with Crippen LogP contribution < -0.4 is 5.73 Å². The number of nitrogens with two attached hydrogens (primary N) is 1. The Morgan fingerprint density at radius 2 is 2.29 bits per heavy atom. The number of carbonyl (C=O) groups excluding carboxylic acids is 1. The summed E-state index contributed by atoms with van der Waals surface area (Å²) in [5, 5.41) is 3.93. The topological polar surface area (TPSA) is 70.1 Å². The third-order valence-corrected chi connectivity index (χ3v) is 1.58. The lowest BCUT2D eigenvalue weighted by Crippen LogP contribution is -2.12. The van der Waals surface area contributed by atoms with Crippen LogP contribution in [0, 0.1) is 0 Å². The summed E-state index contributed by atoms with van der Waals surface area (Å²) in [5.41, 5.74) is 5.85. The molecule has 1 aromatic rings. The van der Waals surface area contributed by atoms with E-state index in [1.54, 1.807) is 6.92 Å². The second kappa shape index (κ2) is 5.49. The fraction of sp³-hybridized carbons (Fsp3) is 0.500. The molecule has 0 aliphatic rings. The van der Waals surface area contributed by atoms with Crippen molar-refractivity contribution >= 4 is 24.2 Å². The van der Waals surface area contributed by atoms with Crippen molar-refractivity contribution in [1.82, 2.24) is 9.78 Å². The predicted molar refractivity (Wildman–Crippen MR) is 55.5 cm³/mol. The van der Waals surface area contributed by atoms with Gasteiger partial charge in [-0.25, -0.2) is 4.79 Å². The number of ether oxygens (including phenoxy) is 1. The summed E-state index contributed by atoms with van der Waals surface area (Å²) in [5.74, 6) is -0.0431. The molecule has 1 aromatic heterocycles. The molecule has 0 aliphatic carbocycles. The summed E-state index contributed by atoms with van der Waals surface area (Å²) in [6, 6.07) is 1.52. The van der Waals surface area contributed by atoms with Crippen LogP contribution in [0.2, 0.25) is 0 Å². The smallest absolute Gasteiger partial charge is 0.356 e. The quantitative estimate of drug-likeness (QED) is 0.773. The van der Waals surface area contributed by atoms with Crippen LogP contribution in [-0.4, -0.2) is 22.4 Å². The maximum atomic E-state index is 11.3. The zero-order valence-corrected chi connectivity index (χ0v) is 9.00. The highest BCUT2D eigenvalue weighted by Gasteiger charge is 2.13. The maximum absolute atomic E-state index is 11.3. The summed E-state index contributed by atoms with van der Waals surface area (Å²) < 4.78 is 6.35. The van der Waals surface area contributed by atoms with E-state index in [2.05, 4.69) is 5.10 Å². The number of hydrogen-bond acceptors (Lipinski definition) is 4. The van der Waals surface area contributed by atoms with Crippen molar-refractivity contribution in [2.75, 3.05) is 12.3 Å². The van der Waals surface area contributed by atoms with E-state index >= 15 is 0 Å². The van der Waals surface area contributed by atoms with E-state index in [-0.39, 0.29) is 18.4 Å². The molecule has 6 heteroatoms. The van der Waals surface area contributed by atoms with Crippen LogP contribution >= 0.6 is 12.4 Å². The van der Waals surface area contributed by atoms with Gasteiger partial charge in [0.1, 0.15) is 11.5 Å². The molecule has 0 atom stereocenters. The van der Waals surface area contributed by atoms with Crippen molar-refractivity contribution in [3.05, 3.63) is 11.8 Å². The van der Waals surface area contributed by atoms with Gasteiger partial charge >= 0.3 is 5.97 Å². The van der Waals surface area contributed by atoms with E-state index < -0.39 is 0 Å². The van der Waals surface area contributed by atoms with Crippen LogP contribution in [0.15, 0.2) is 6.07 Å². The lowest BCUT2D eigenvalue weighted by molar-refractivity contribution is 0.0512. The third-order valence-electron chi connectivity index (χ3n) is 1.58. The number of rotatable bonds is 3. The molecular weight excluding hydrogens is 206 g/mol. The Bertz CT molecular complexity index is 312. The molecule has 0 saturated heterocycles. The minimum Gasteiger partial charge on any atom is -0.461 e. The van der Waals surface area contributed by atoms with Gasteiger partial charge in [-0.1, -0.05) is 0 Å². The van der Waals surface area contributed by atoms with Crippen LogP contribution in [0.1, 0.15) is 24.3 Å². The van der Waals surface area contributed by atoms with Crippen molar-refractivity contribution in [1.29, 1.82) is 0 Å². The summed E-state index contributed by atoms with van der Waals surface area (Å²) in [6.07, 6.45) is 0. The van der Waals surface area contributed by atoms with Crippen molar-refractivity contribution in [2.24, 2.45) is 0 Å². The second-order valence-corrected chi connectivity index (χ2v) is 2.49. The van der Waals surface area contributed by atoms with Crippen molar-refractivity contribution < 1.29 is 9.53 Å². The standard InChI is InChI=1S/C8H13N3O2.ClH/c1-3-11-6(5-7(9)10-11)8(12)13-4-2;/h5H,3-4H2,1-2H3,(H2,9,10);1H. The Balaban J connectivity index is 0.00000169. The zero-order chi connectivity index (χ0) is 9.84. The number of aromatic nitrogens is 2. The number of halogens is 1. The SMILES string of the molecule is CCOC(=O)c1cc(N)nn1CC.Cl. The van der Waals surface area contributed by atoms with Crippen LogP contribution in [0.5, 0.6) is 0 Å². The molecule has 0 bridgehead atoms. The van der Waals surface area contributed by atoms with Crippen molar-refractivity contribution in [3.63, 3.8) is 0 Å². The van der Waals surface area contributed by atoms with E-state index in [1.807, 2.05) is 6.92 Å². The van der Waals surface area contributed by atoms with Gasteiger partial charge in [-0.3, -0.25) is 4.68 Å². The molecule has 14 heavy (non-hydrogen) atoms. The minimum atomic E-state index is -0.381. The molecule has 0 aliphatic heterocycles. The van der Waals surface area contributed by atoms with E-state index in [0.717, 1.165) is 0 Å². The first-order valence-electron chi connectivity index (χ1n) is 4.19. The second-order valence-electron chi connectivity index (χ2n) is 2.49. The van der Waals surface area contributed by atoms with Crippen LogP contribution in [0.25, 0.3) is 0 Å². The average molecular weight is 220 g/mol. The first-order chi connectivity index (χ1) is 6.19. The number of aryl methyl sites for hydroxylation is 1. The number of hydrogen-bond donors (Lipinski definition) is 1. The van der Waals surface area contributed by atoms with E-state index in [4.69, 9.17) is 10.5 Å². The first-order valence-corrected chi connectivity index (χ1v) is 4.19. The Labute approximate surface area is 88.6 Å². The lowest BCUT2D eigenvalue weighted by Gasteiger charge is -2.02. The van der Waals surface area contributed by atoms with Gasteiger partial charge in [-0.15, -0.1) is 12.4 Å². The molecule has 0 aromatic carbocycles. The molecule has 0 spiro atoms. The van der Waals surface area contributed by atoms with E-state index in [0.29, 0.717) is 24.7 Å². The summed E-state index contributed by atoms with van der Waals surface area (Å²) in [7, 11) is 0. The summed E-state index contributed by atoms with van der Waals surface area (Å²) in [6.45, 7) is 4.60. The molecule has 0 radical (unpaired) electrons. The molecule has 0 unspecified atom stereocenters. The van der Waals surface area contributed by atoms with Crippen LogP contribution in [0.3, 0.4) is 0 Å². The molecule has 2 N–H and O–H groups in total. The van der Waals surface area contributed by atoms with Gasteiger partial charge in [0.15, 0.2) is 0 Å². The largest absolute Gasteiger partial charge is 0.461 e. The van der Waals surface area contributed by atoms with Gasteiger partial charge in [0, 0.05) is 12.6 Å². The molecule has 0 amide bonds. The molecule has 0 fully saturated rings. The van der Waals surface area contributed by atoms with E-state index in [9.17, 15) is 4.79 Å². The number of esters is 1. The normalized spacial score (nSPS) is 9.29. The van der Waals surface area contributed by atoms with Gasteiger partial charge in [0.25, 0.3) is 0 Å². The number of nitrogen functional groups attached to an aromatic ring is 1. The lowest BCUT2D eigenvalue weighted by atomic mass is 10.4. The van der Waals surface area contributed by atoms with Gasteiger partial charge in [0.05, 0.1) is 6.61 Å². The number of nitrogens with zero attached hydrogens (tertiary/aromatic N) is 2. The molecule has 1 rings (SSSR count). The third kappa shape index (κ3) is 2.63. The average Bonchev–Trinajstić information content (AvgIpc) is 2.47. The number of anilines is 1. The molecule has 80 valence electrons. The Morgan fingerprint density at radius 1 is 1.64 bits per heavy atom. The molecular formula is C8H14ClN3O2. The first kappa shape index (κ1) is 12.8. The minimum absolute atomic E-state index is 0. The molecule has 1 heterocycles. The summed E-state index contributed by atoms with van der Waals surface area (Å²) >= 11 is 0. The van der Waals surface area contributed by atoms with E-state index in [1.165, 1.54) is 10.7 Å². The Morgan fingerprint density at radius 3 is 2.79 bits per heavy atom. The monoisotopic (exact) mass is 219 g/mol. The predicted octanol–water partition coefficient (Wildman–Crippen LogP) is 1.08. The Kier molecular flexibility index (Phi) is 5.01. The van der Waals surface area contributed by atoms with Crippen LogP contribution in [-0.2, 0) is 11.3 Å². The summed E-state index contributed by atoms with van der Waals surface area (Å²) in [4.78, 5) is 11.3.